The maximum Gasteiger partial charge on any atom is 0.244 e. The first-order valence-electron chi connectivity index (χ1n) is 3.28. The second-order valence-electron chi connectivity index (χ2n) is 2.93. The highest BCUT2D eigenvalue weighted by atomic mass is 16.1. The monoisotopic (exact) mass is 139 g/mol. The molecule has 0 radical (unpaired) electrons. The minimum atomic E-state index is -0.208. The van der Waals surface area contributed by atoms with Crippen molar-refractivity contribution in [1.82, 2.24) is 5.32 Å². The quantitative estimate of drug-likeness (QED) is 0.537. The third-order valence-electron chi connectivity index (χ3n) is 1.32. The van der Waals surface area contributed by atoms with Crippen LogP contribution < -0.4 is 5.32 Å². The summed E-state index contributed by atoms with van der Waals surface area (Å²) in [6.45, 7) is 3.91. The number of nitrogens with one attached hydrogen (secondary N) is 1. The molecule has 1 rings (SSSR count). The fourth-order valence-electron chi connectivity index (χ4n) is 0.840. The van der Waals surface area contributed by atoms with Gasteiger partial charge in [0.15, 0.2) is 0 Å². The number of hydrogen-bond acceptors (Lipinski definition) is 1. The van der Waals surface area contributed by atoms with Crippen molar-refractivity contribution in [1.29, 1.82) is 0 Å². The summed E-state index contributed by atoms with van der Waals surface area (Å²) in [4.78, 5) is 10.9. The van der Waals surface area contributed by atoms with Gasteiger partial charge in [-0.1, -0.05) is 18.2 Å². The van der Waals surface area contributed by atoms with Crippen molar-refractivity contribution in [2.45, 2.75) is 19.4 Å². The van der Waals surface area contributed by atoms with Crippen molar-refractivity contribution in [3.05, 3.63) is 24.3 Å². The molecule has 1 N–H and O–H groups in total. The molecular formula is C8H13NO. The molecule has 2 heteroatoms. The summed E-state index contributed by atoms with van der Waals surface area (Å²) in [5, 5.41) is 2.81. The molecular weight excluding hydrogens is 126 g/mol. The highest BCUT2D eigenvalue weighted by Gasteiger charge is 2.15. The zero-order chi connectivity index (χ0) is 7.61. The lowest BCUT2D eigenvalue weighted by atomic mass is 10.1. The maximum atomic E-state index is 10.9. The van der Waals surface area contributed by atoms with E-state index in [9.17, 15) is 4.79 Å². The summed E-state index contributed by atoms with van der Waals surface area (Å²) in [7, 11) is 0. The molecule has 1 aliphatic rings. The highest BCUT2D eigenvalue weighted by Crippen LogP contribution is 2.06. The fraction of sp³-hybridized carbons (Fsp3) is 0.375. The van der Waals surface area contributed by atoms with Crippen molar-refractivity contribution in [2.75, 3.05) is 0 Å². The summed E-state index contributed by atoms with van der Waals surface area (Å²) >= 11 is 0. The molecule has 0 aromatic heterocycles. The molecule has 56 valence electrons. The number of rotatable bonds is 0. The van der Waals surface area contributed by atoms with Gasteiger partial charge in [0.1, 0.15) is 0 Å². The smallest absolute Gasteiger partial charge is 0.244 e. The second-order valence-corrected chi connectivity index (χ2v) is 2.93. The maximum absolute atomic E-state index is 10.9. The molecule has 0 aromatic carbocycles. The van der Waals surface area contributed by atoms with E-state index in [1.54, 1.807) is 6.08 Å². The number of allylic oxidation sites excluding steroid dienone is 2. The van der Waals surface area contributed by atoms with Gasteiger partial charge in [-0.2, -0.15) is 0 Å². The van der Waals surface area contributed by atoms with E-state index in [2.05, 4.69) is 5.32 Å². The predicted molar refractivity (Wildman–Crippen MR) is 42.6 cm³/mol. The molecule has 0 saturated carbocycles. The molecule has 1 aliphatic heterocycles. The highest BCUT2D eigenvalue weighted by molar-refractivity contribution is 5.89. The third-order valence-corrected chi connectivity index (χ3v) is 1.32. The molecule has 10 heavy (non-hydrogen) atoms. The van der Waals surface area contributed by atoms with Crippen LogP contribution in [0.3, 0.4) is 0 Å². The van der Waals surface area contributed by atoms with Crippen LogP contribution in [-0.4, -0.2) is 11.4 Å². The van der Waals surface area contributed by atoms with Crippen LogP contribution >= 0.6 is 0 Å². The van der Waals surface area contributed by atoms with Gasteiger partial charge in [0.2, 0.25) is 5.91 Å². The average Bonchev–Trinajstić information content (AvgIpc) is 1.90. The van der Waals surface area contributed by atoms with Crippen molar-refractivity contribution >= 4 is 5.91 Å². The Hall–Kier alpha value is -1.05. The molecule has 0 saturated heterocycles. The van der Waals surface area contributed by atoms with Crippen LogP contribution in [0.25, 0.3) is 0 Å². The Bertz CT molecular complexity index is 206. The van der Waals surface area contributed by atoms with Crippen molar-refractivity contribution in [2.24, 2.45) is 0 Å². The lowest BCUT2D eigenvalue weighted by Crippen LogP contribution is -2.40. The van der Waals surface area contributed by atoms with Crippen molar-refractivity contribution in [3.8, 4) is 0 Å². The van der Waals surface area contributed by atoms with E-state index in [0.717, 1.165) is 0 Å². The van der Waals surface area contributed by atoms with Gasteiger partial charge in [-0.05, 0) is 13.8 Å². The van der Waals surface area contributed by atoms with E-state index in [-0.39, 0.29) is 12.9 Å². The Morgan fingerprint density at radius 1 is 1.50 bits per heavy atom. The van der Waals surface area contributed by atoms with Crippen LogP contribution in [0.5, 0.6) is 0 Å². The molecule has 0 spiro atoms. The van der Waals surface area contributed by atoms with Crippen LogP contribution in [0.15, 0.2) is 24.3 Å². The van der Waals surface area contributed by atoms with E-state index < -0.39 is 0 Å². The van der Waals surface area contributed by atoms with Gasteiger partial charge in [0.25, 0.3) is 0 Å². The fourth-order valence-corrected chi connectivity index (χ4v) is 0.840. The molecule has 0 atom stereocenters. The number of hydrogen-bond donors (Lipinski definition) is 1. The first-order valence-corrected chi connectivity index (χ1v) is 3.28. The Morgan fingerprint density at radius 3 is 2.90 bits per heavy atom. The van der Waals surface area contributed by atoms with Gasteiger partial charge in [0, 0.05) is 7.50 Å². The van der Waals surface area contributed by atoms with Crippen molar-refractivity contribution in [3.63, 3.8) is 0 Å². The standard InChI is InChI=1S/C8H11NO.H2/c1-8(2)6-4-3-5-7(10)9-8;/h3-6H,1-2H3,(H,9,10);1H. The number of carbonyl (C=O) groups excluding carboxylic acids is 1. The topological polar surface area (TPSA) is 29.1 Å². The predicted octanol–water partition coefficient (Wildman–Crippen LogP) is 1.25. The van der Waals surface area contributed by atoms with Crippen LogP contribution in [0, 0.1) is 0 Å². The number of amides is 1. The van der Waals surface area contributed by atoms with Crippen LogP contribution in [0.1, 0.15) is 15.3 Å². The second kappa shape index (κ2) is 2.29. The van der Waals surface area contributed by atoms with Crippen LogP contribution in [0.4, 0.5) is 0 Å². The van der Waals surface area contributed by atoms with Gasteiger partial charge < -0.3 is 5.32 Å². The lowest BCUT2D eigenvalue weighted by Gasteiger charge is -2.19. The summed E-state index contributed by atoms with van der Waals surface area (Å²) in [5.41, 5.74) is -0.208. The zero-order valence-corrected chi connectivity index (χ0v) is 6.22. The Kier molecular flexibility index (Phi) is 1.62. The van der Waals surface area contributed by atoms with Gasteiger partial charge >= 0.3 is 0 Å². The summed E-state index contributed by atoms with van der Waals surface area (Å²) < 4.78 is 0. The molecule has 0 fully saturated rings. The van der Waals surface area contributed by atoms with E-state index in [0.29, 0.717) is 0 Å². The number of carbonyl (C=O) groups is 1. The molecule has 2 nitrogen and oxygen atoms in total. The Labute approximate surface area is 62.1 Å². The largest absolute Gasteiger partial charge is 0.344 e. The van der Waals surface area contributed by atoms with Gasteiger partial charge in [-0.15, -0.1) is 0 Å². The van der Waals surface area contributed by atoms with Gasteiger partial charge in [-0.3, -0.25) is 4.79 Å². The van der Waals surface area contributed by atoms with E-state index >= 15 is 0 Å². The molecule has 0 unspecified atom stereocenters. The molecule has 1 amide bonds. The summed E-state index contributed by atoms with van der Waals surface area (Å²) in [6, 6.07) is 0. The normalized spacial score (nSPS) is 22.0. The average molecular weight is 139 g/mol. The van der Waals surface area contributed by atoms with E-state index in [1.807, 2.05) is 26.0 Å². The lowest BCUT2D eigenvalue weighted by molar-refractivity contribution is -0.117. The zero-order valence-electron chi connectivity index (χ0n) is 6.22. The Morgan fingerprint density at radius 2 is 2.20 bits per heavy atom. The molecule has 0 aromatic rings. The van der Waals surface area contributed by atoms with Gasteiger partial charge in [-0.25, -0.2) is 0 Å². The summed E-state index contributed by atoms with van der Waals surface area (Å²) in [5.74, 6) is -0.0324. The van der Waals surface area contributed by atoms with E-state index in [1.165, 1.54) is 6.08 Å². The van der Waals surface area contributed by atoms with Crippen LogP contribution in [-0.2, 0) is 4.79 Å². The minimum absolute atomic E-state index is 0. The van der Waals surface area contributed by atoms with Gasteiger partial charge in [0.05, 0.1) is 5.54 Å². The minimum Gasteiger partial charge on any atom is -0.344 e. The summed E-state index contributed by atoms with van der Waals surface area (Å²) in [6.07, 6.45) is 7.08. The molecule has 0 bridgehead atoms. The molecule has 1 heterocycles. The SMILES string of the molecule is CC1(C)C=CC=CC(=O)N1.[HH]. The van der Waals surface area contributed by atoms with Crippen LogP contribution in [0.2, 0.25) is 0 Å². The third kappa shape index (κ3) is 1.72. The Balaban J connectivity index is 0.000001000. The van der Waals surface area contributed by atoms with E-state index in [4.69, 9.17) is 0 Å². The first-order chi connectivity index (χ1) is 4.60. The van der Waals surface area contributed by atoms with Crippen molar-refractivity contribution < 1.29 is 6.22 Å². The molecule has 0 aliphatic carbocycles. The first kappa shape index (κ1) is 7.06.